The molecule has 0 aliphatic rings. The summed E-state index contributed by atoms with van der Waals surface area (Å²) >= 11 is 0. The number of hydrogen-bond acceptors (Lipinski definition) is 4. The number of carbonyl (C=O) groups is 1. The van der Waals surface area contributed by atoms with Crippen LogP contribution in [0.4, 0.5) is 4.39 Å². The van der Waals surface area contributed by atoms with E-state index >= 15 is 0 Å². The summed E-state index contributed by atoms with van der Waals surface area (Å²) in [5.41, 5.74) is 11.0. The molecule has 0 bridgehead atoms. The summed E-state index contributed by atoms with van der Waals surface area (Å²) in [4.78, 5) is 15.4. The molecule has 0 heterocycles. The molecule has 4 N–H and O–H groups in total. The number of carbonyl (C=O) groups excluding carboxylic acids is 1. The summed E-state index contributed by atoms with van der Waals surface area (Å²) in [5, 5.41) is 0. The van der Waals surface area contributed by atoms with Gasteiger partial charge in [-0.25, -0.2) is 12.8 Å². The Hall–Kier alpha value is -2.94. The number of sulfone groups is 1. The van der Waals surface area contributed by atoms with Gasteiger partial charge >= 0.3 is 0 Å². The highest BCUT2D eigenvalue weighted by Gasteiger charge is 2.22. The van der Waals surface area contributed by atoms with Crippen molar-refractivity contribution in [2.45, 2.75) is 18.2 Å². The van der Waals surface area contributed by atoms with Gasteiger partial charge in [-0.05, 0) is 36.2 Å². The Morgan fingerprint density at radius 1 is 1.23 bits per heavy atom. The quantitative estimate of drug-likeness (QED) is 0.605. The molecule has 1 amide bonds. The van der Waals surface area contributed by atoms with E-state index in [1.807, 2.05) is 0 Å². The molecule has 138 valence electrons. The van der Waals surface area contributed by atoms with E-state index < -0.39 is 27.5 Å². The van der Waals surface area contributed by atoms with Gasteiger partial charge in [0.2, 0.25) is 0 Å². The van der Waals surface area contributed by atoms with Crippen molar-refractivity contribution in [1.82, 2.24) is 0 Å². The topological polar surface area (TPSA) is 125 Å². The minimum atomic E-state index is -3.76. The van der Waals surface area contributed by atoms with Crippen LogP contribution in [0.3, 0.4) is 0 Å². The summed E-state index contributed by atoms with van der Waals surface area (Å²) in [5.74, 6) is -1.61. The molecule has 0 unspecified atom stereocenters. The zero-order chi connectivity index (χ0) is 19.5. The number of aryl methyl sites for hydroxylation is 1. The van der Waals surface area contributed by atoms with Crippen molar-refractivity contribution in [1.29, 1.82) is 0 Å². The molecule has 2 rings (SSSR count). The van der Waals surface area contributed by atoms with Crippen LogP contribution in [0.1, 0.15) is 22.8 Å². The average Bonchev–Trinajstić information content (AvgIpc) is 2.52. The van der Waals surface area contributed by atoms with E-state index in [9.17, 15) is 17.6 Å². The second-order valence-electron chi connectivity index (χ2n) is 5.48. The Balaban J connectivity index is 2.64. The molecule has 0 saturated carbocycles. The van der Waals surface area contributed by atoms with E-state index in [-0.39, 0.29) is 22.0 Å². The first-order valence-corrected chi connectivity index (χ1v) is 9.45. The van der Waals surface area contributed by atoms with Crippen LogP contribution in [0.25, 0.3) is 0 Å². The fourth-order valence-corrected chi connectivity index (χ4v) is 3.10. The second-order valence-corrected chi connectivity index (χ2v) is 7.47. The Morgan fingerprint density at radius 2 is 1.92 bits per heavy atom. The van der Waals surface area contributed by atoms with E-state index in [1.54, 1.807) is 6.92 Å². The van der Waals surface area contributed by atoms with Crippen LogP contribution in [-0.4, -0.2) is 26.5 Å². The maximum absolute atomic E-state index is 13.4. The van der Waals surface area contributed by atoms with Crippen LogP contribution in [-0.2, 0) is 16.3 Å². The number of guanidine groups is 1. The Labute approximate surface area is 150 Å². The molecule has 0 fully saturated rings. The smallest absolute Gasteiger partial charge is 0.280 e. The lowest BCUT2D eigenvalue weighted by molar-refractivity contribution is 0.100. The highest BCUT2D eigenvalue weighted by Crippen LogP contribution is 2.32. The first-order chi connectivity index (χ1) is 12.1. The van der Waals surface area contributed by atoms with Gasteiger partial charge in [0.05, 0.1) is 0 Å². The fourth-order valence-electron chi connectivity index (χ4n) is 2.30. The van der Waals surface area contributed by atoms with Gasteiger partial charge < -0.3 is 16.2 Å². The molecule has 0 aliphatic heterocycles. The van der Waals surface area contributed by atoms with Crippen LogP contribution < -0.4 is 16.2 Å². The predicted molar refractivity (Wildman–Crippen MR) is 95.5 cm³/mol. The molecule has 0 aliphatic carbocycles. The number of aliphatic imine (C=N–C) groups is 1. The van der Waals surface area contributed by atoms with Crippen molar-refractivity contribution in [2.75, 3.05) is 6.26 Å². The highest BCUT2D eigenvalue weighted by molar-refractivity contribution is 7.90. The number of amides is 1. The molecular formula is C17H18FN3O4S. The van der Waals surface area contributed by atoms with Crippen molar-refractivity contribution in [2.24, 2.45) is 16.5 Å². The minimum absolute atomic E-state index is 0.0174. The number of rotatable bonds is 5. The van der Waals surface area contributed by atoms with E-state index in [2.05, 4.69) is 4.99 Å². The molecule has 2 aromatic rings. The van der Waals surface area contributed by atoms with Gasteiger partial charge in [-0.3, -0.25) is 4.79 Å². The van der Waals surface area contributed by atoms with Crippen molar-refractivity contribution in [3.63, 3.8) is 0 Å². The maximum Gasteiger partial charge on any atom is 0.280 e. The normalized spacial score (nSPS) is 11.0. The van der Waals surface area contributed by atoms with Crippen molar-refractivity contribution >= 4 is 21.7 Å². The third kappa shape index (κ3) is 4.57. The SMILES string of the molecule is CCc1cc(Oc2cccc(F)c2)c(S(C)(=O)=O)cc1C(=O)N=C(N)N. The molecule has 0 saturated heterocycles. The van der Waals surface area contributed by atoms with Crippen molar-refractivity contribution in [3.8, 4) is 11.5 Å². The standard InChI is InChI=1S/C17H18FN3O4S/c1-3-10-7-14(25-12-6-4-5-11(18)8-12)15(26(2,23)24)9-13(10)16(22)21-17(19)20/h4-9H,3H2,1-2H3,(H4,19,20,21,22). The van der Waals surface area contributed by atoms with Gasteiger partial charge in [0, 0.05) is 17.9 Å². The monoisotopic (exact) mass is 379 g/mol. The summed E-state index contributed by atoms with van der Waals surface area (Å²) in [6, 6.07) is 7.85. The van der Waals surface area contributed by atoms with E-state index in [0.29, 0.717) is 12.0 Å². The van der Waals surface area contributed by atoms with Gasteiger partial charge in [-0.15, -0.1) is 0 Å². The van der Waals surface area contributed by atoms with Crippen LogP contribution in [0.5, 0.6) is 11.5 Å². The molecule has 2 aromatic carbocycles. The maximum atomic E-state index is 13.4. The molecule has 0 radical (unpaired) electrons. The second kappa shape index (κ2) is 7.52. The van der Waals surface area contributed by atoms with Crippen molar-refractivity contribution < 1.29 is 22.3 Å². The highest BCUT2D eigenvalue weighted by atomic mass is 32.2. The minimum Gasteiger partial charge on any atom is -0.456 e. The largest absolute Gasteiger partial charge is 0.456 e. The van der Waals surface area contributed by atoms with Gasteiger partial charge in [0.15, 0.2) is 15.8 Å². The van der Waals surface area contributed by atoms with E-state index in [1.165, 1.54) is 24.3 Å². The van der Waals surface area contributed by atoms with Crippen LogP contribution in [0.15, 0.2) is 46.3 Å². The zero-order valence-electron chi connectivity index (χ0n) is 14.2. The average molecular weight is 379 g/mol. The van der Waals surface area contributed by atoms with E-state index in [0.717, 1.165) is 18.4 Å². The summed E-state index contributed by atoms with van der Waals surface area (Å²) in [7, 11) is -3.76. The lowest BCUT2D eigenvalue weighted by Crippen LogP contribution is -2.24. The first kappa shape index (κ1) is 19.4. The van der Waals surface area contributed by atoms with Crippen LogP contribution in [0.2, 0.25) is 0 Å². The number of nitrogens with two attached hydrogens (primary N) is 2. The Morgan fingerprint density at radius 3 is 2.46 bits per heavy atom. The summed E-state index contributed by atoms with van der Waals surface area (Å²) in [6.45, 7) is 1.77. The number of halogens is 1. The third-order valence-electron chi connectivity index (χ3n) is 3.43. The van der Waals surface area contributed by atoms with Gasteiger partial charge in [-0.1, -0.05) is 13.0 Å². The first-order valence-electron chi connectivity index (χ1n) is 7.56. The number of nitrogens with zero attached hydrogens (tertiary/aromatic N) is 1. The summed E-state index contributed by atoms with van der Waals surface area (Å²) < 4.78 is 43.2. The predicted octanol–water partition coefficient (Wildman–Crippen LogP) is 2.00. The van der Waals surface area contributed by atoms with E-state index in [4.69, 9.17) is 16.2 Å². The van der Waals surface area contributed by atoms with Gasteiger partial charge in [0.1, 0.15) is 22.2 Å². The molecule has 0 atom stereocenters. The molecule has 0 spiro atoms. The lowest BCUT2D eigenvalue weighted by atomic mass is 10.0. The van der Waals surface area contributed by atoms with Gasteiger partial charge in [-0.2, -0.15) is 4.99 Å². The number of benzene rings is 2. The molecule has 9 heteroatoms. The van der Waals surface area contributed by atoms with Crippen LogP contribution in [0, 0.1) is 5.82 Å². The fraction of sp³-hybridized carbons (Fsp3) is 0.176. The Kier molecular flexibility index (Phi) is 5.61. The molecule has 7 nitrogen and oxygen atoms in total. The third-order valence-corrected chi connectivity index (χ3v) is 4.55. The van der Waals surface area contributed by atoms with Crippen LogP contribution >= 0.6 is 0 Å². The van der Waals surface area contributed by atoms with Gasteiger partial charge in [0.25, 0.3) is 5.91 Å². The molecular weight excluding hydrogens is 361 g/mol. The molecule has 0 aromatic heterocycles. The zero-order valence-corrected chi connectivity index (χ0v) is 15.0. The Bertz CT molecular complexity index is 983. The lowest BCUT2D eigenvalue weighted by Gasteiger charge is -2.14. The number of hydrogen-bond donors (Lipinski definition) is 2. The van der Waals surface area contributed by atoms with Crippen molar-refractivity contribution in [3.05, 3.63) is 53.3 Å². The molecule has 26 heavy (non-hydrogen) atoms. The summed E-state index contributed by atoms with van der Waals surface area (Å²) in [6.07, 6.45) is 1.37. The number of ether oxygens (including phenoxy) is 1.